The van der Waals surface area contributed by atoms with Crippen molar-refractivity contribution in [3.05, 3.63) is 0 Å². The summed E-state index contributed by atoms with van der Waals surface area (Å²) in [5.41, 5.74) is -0.315. The highest BCUT2D eigenvalue weighted by molar-refractivity contribution is 7.85. The predicted molar refractivity (Wildman–Crippen MR) is 46.7 cm³/mol. The number of hydrogen-bond acceptors (Lipinski definition) is 3. The molecule has 0 spiro atoms. The molecule has 0 aromatic carbocycles. The van der Waals surface area contributed by atoms with Gasteiger partial charge in [0, 0.05) is 0 Å². The molecule has 0 aliphatic heterocycles. The molecular formula is C7H16O4S. The molecule has 0 bridgehead atoms. The molecule has 0 amide bonds. The van der Waals surface area contributed by atoms with Crippen molar-refractivity contribution in [1.29, 1.82) is 0 Å². The largest absolute Gasteiger partial charge is 0.374 e. The van der Waals surface area contributed by atoms with Crippen LogP contribution in [-0.4, -0.2) is 30.9 Å². The van der Waals surface area contributed by atoms with Crippen molar-refractivity contribution in [1.82, 2.24) is 0 Å². The first-order valence-corrected chi connectivity index (χ1v) is 5.47. The summed E-state index contributed by atoms with van der Waals surface area (Å²) in [7, 11) is -3.88. The van der Waals surface area contributed by atoms with Gasteiger partial charge in [-0.3, -0.25) is 4.55 Å². The van der Waals surface area contributed by atoms with Gasteiger partial charge in [-0.25, -0.2) is 0 Å². The molecule has 0 heterocycles. The molecule has 0 rings (SSSR count). The fraction of sp³-hybridized carbons (Fsp3) is 1.00. The third kappa shape index (κ3) is 6.57. The van der Waals surface area contributed by atoms with Crippen LogP contribution in [0.5, 0.6) is 0 Å². The predicted octanol–water partition coefficient (Wildman–Crippen LogP) is 1.08. The second-order valence-electron chi connectivity index (χ2n) is 3.25. The van der Waals surface area contributed by atoms with E-state index in [0.29, 0.717) is 0 Å². The first kappa shape index (κ1) is 11.9. The smallest absolute Gasteiger partial charge is 0.267 e. The van der Waals surface area contributed by atoms with Gasteiger partial charge in [-0.2, -0.15) is 8.42 Å². The molecule has 0 atom stereocenters. The minimum absolute atomic E-state index is 0.0413. The van der Waals surface area contributed by atoms with E-state index in [1.165, 1.54) is 0 Å². The van der Waals surface area contributed by atoms with E-state index in [9.17, 15) is 8.42 Å². The molecule has 0 aliphatic carbocycles. The topological polar surface area (TPSA) is 63.6 Å². The van der Waals surface area contributed by atoms with Crippen molar-refractivity contribution in [2.45, 2.75) is 32.8 Å². The van der Waals surface area contributed by atoms with Crippen LogP contribution in [0.3, 0.4) is 0 Å². The lowest BCUT2D eigenvalue weighted by molar-refractivity contribution is -0.0117. The zero-order valence-corrected chi connectivity index (χ0v) is 8.52. The van der Waals surface area contributed by atoms with Crippen LogP contribution in [-0.2, 0) is 14.9 Å². The number of ether oxygens (including phenoxy) is 1. The minimum atomic E-state index is -3.88. The number of hydrogen-bond donors (Lipinski definition) is 1. The molecule has 12 heavy (non-hydrogen) atoms. The summed E-state index contributed by atoms with van der Waals surface area (Å²) in [6.07, 6.45) is 0.804. The number of rotatable bonds is 5. The van der Waals surface area contributed by atoms with Crippen LogP contribution in [0.25, 0.3) is 0 Å². The van der Waals surface area contributed by atoms with E-state index in [4.69, 9.17) is 9.29 Å². The fourth-order valence-electron chi connectivity index (χ4n) is 0.525. The standard InChI is InChI=1S/C7H16O4S/c1-4-7(2,3)11-5-6-12(8,9)10/h4-6H2,1-3H3,(H,8,9,10). The summed E-state index contributed by atoms with van der Waals surface area (Å²) in [4.78, 5) is 0. The van der Waals surface area contributed by atoms with Gasteiger partial charge in [0.2, 0.25) is 0 Å². The molecule has 0 aromatic heterocycles. The first-order valence-electron chi connectivity index (χ1n) is 3.86. The molecular weight excluding hydrogens is 180 g/mol. The second kappa shape index (κ2) is 4.20. The van der Waals surface area contributed by atoms with E-state index in [1.54, 1.807) is 0 Å². The van der Waals surface area contributed by atoms with Crippen molar-refractivity contribution in [3.8, 4) is 0 Å². The zero-order valence-electron chi connectivity index (χ0n) is 7.70. The average molecular weight is 196 g/mol. The molecule has 0 saturated carbocycles. The molecule has 0 aromatic rings. The van der Waals surface area contributed by atoms with Crippen molar-refractivity contribution in [3.63, 3.8) is 0 Å². The highest BCUT2D eigenvalue weighted by Crippen LogP contribution is 2.12. The van der Waals surface area contributed by atoms with Crippen molar-refractivity contribution in [2.75, 3.05) is 12.4 Å². The molecule has 74 valence electrons. The monoisotopic (exact) mass is 196 g/mol. The van der Waals surface area contributed by atoms with Gasteiger partial charge in [0.1, 0.15) is 0 Å². The van der Waals surface area contributed by atoms with Gasteiger partial charge in [-0.15, -0.1) is 0 Å². The van der Waals surface area contributed by atoms with Crippen LogP contribution in [0.4, 0.5) is 0 Å². The van der Waals surface area contributed by atoms with Crippen molar-refractivity contribution >= 4 is 10.1 Å². The van der Waals surface area contributed by atoms with Crippen LogP contribution < -0.4 is 0 Å². The van der Waals surface area contributed by atoms with Gasteiger partial charge < -0.3 is 4.74 Å². The molecule has 0 saturated heterocycles. The Hall–Kier alpha value is -0.130. The summed E-state index contributed by atoms with van der Waals surface area (Å²) in [5.74, 6) is -0.337. The maximum Gasteiger partial charge on any atom is 0.267 e. The summed E-state index contributed by atoms with van der Waals surface area (Å²) in [6, 6.07) is 0. The Labute approximate surface area is 73.7 Å². The van der Waals surface area contributed by atoms with E-state index < -0.39 is 10.1 Å². The van der Waals surface area contributed by atoms with E-state index in [0.717, 1.165) is 6.42 Å². The lowest BCUT2D eigenvalue weighted by Crippen LogP contribution is -2.26. The van der Waals surface area contributed by atoms with Gasteiger partial charge in [-0.1, -0.05) is 6.92 Å². The average Bonchev–Trinajstić information content (AvgIpc) is 1.84. The van der Waals surface area contributed by atoms with E-state index in [-0.39, 0.29) is 18.0 Å². The van der Waals surface area contributed by atoms with Crippen LogP contribution in [0, 0.1) is 0 Å². The molecule has 0 aliphatic rings. The van der Waals surface area contributed by atoms with Crippen molar-refractivity contribution in [2.24, 2.45) is 0 Å². The SMILES string of the molecule is CCC(C)(C)OCCS(=O)(=O)O. The van der Waals surface area contributed by atoms with Crippen LogP contribution >= 0.6 is 0 Å². The van der Waals surface area contributed by atoms with E-state index in [2.05, 4.69) is 0 Å². The molecule has 1 N–H and O–H groups in total. The highest BCUT2D eigenvalue weighted by atomic mass is 32.2. The van der Waals surface area contributed by atoms with Gasteiger partial charge in [0.05, 0.1) is 18.0 Å². The Morgan fingerprint density at radius 2 is 1.92 bits per heavy atom. The summed E-state index contributed by atoms with van der Waals surface area (Å²) < 4.78 is 34.2. The fourth-order valence-corrected chi connectivity index (χ4v) is 0.819. The van der Waals surface area contributed by atoms with Gasteiger partial charge in [0.15, 0.2) is 0 Å². The summed E-state index contributed by atoms with van der Waals surface area (Å²) in [6.45, 7) is 5.74. The Morgan fingerprint density at radius 1 is 1.42 bits per heavy atom. The first-order chi connectivity index (χ1) is 5.27. The third-order valence-electron chi connectivity index (χ3n) is 1.69. The highest BCUT2D eigenvalue weighted by Gasteiger charge is 2.16. The van der Waals surface area contributed by atoms with Crippen molar-refractivity contribution < 1.29 is 17.7 Å². The second-order valence-corrected chi connectivity index (χ2v) is 4.82. The van der Waals surface area contributed by atoms with Gasteiger partial charge in [0.25, 0.3) is 10.1 Å². The Kier molecular flexibility index (Phi) is 4.16. The zero-order chi connectivity index (χ0) is 9.83. The Morgan fingerprint density at radius 3 is 2.25 bits per heavy atom. The Bertz CT molecular complexity index is 218. The van der Waals surface area contributed by atoms with E-state index in [1.807, 2.05) is 20.8 Å². The van der Waals surface area contributed by atoms with E-state index >= 15 is 0 Å². The van der Waals surface area contributed by atoms with Gasteiger partial charge >= 0.3 is 0 Å². The lowest BCUT2D eigenvalue weighted by Gasteiger charge is -2.22. The maximum atomic E-state index is 10.3. The van der Waals surface area contributed by atoms with Crippen LogP contribution in [0.15, 0.2) is 0 Å². The maximum absolute atomic E-state index is 10.3. The lowest BCUT2D eigenvalue weighted by atomic mass is 10.1. The molecule has 0 radical (unpaired) electrons. The normalized spacial score (nSPS) is 13.3. The molecule has 5 heteroatoms. The Balaban J connectivity index is 3.72. The van der Waals surface area contributed by atoms with Crippen LogP contribution in [0.2, 0.25) is 0 Å². The molecule has 0 fully saturated rings. The quantitative estimate of drug-likeness (QED) is 0.668. The van der Waals surface area contributed by atoms with Gasteiger partial charge in [-0.05, 0) is 20.3 Å². The minimum Gasteiger partial charge on any atom is -0.374 e. The third-order valence-corrected chi connectivity index (χ3v) is 2.37. The molecule has 0 unspecified atom stereocenters. The summed E-state index contributed by atoms with van der Waals surface area (Å²) in [5, 5.41) is 0. The summed E-state index contributed by atoms with van der Waals surface area (Å²) >= 11 is 0. The molecule has 4 nitrogen and oxygen atoms in total. The van der Waals surface area contributed by atoms with Crippen LogP contribution in [0.1, 0.15) is 27.2 Å².